The highest BCUT2D eigenvalue weighted by atomic mass is 15.2. The monoisotopic (exact) mass is 236 g/mol. The van der Waals surface area contributed by atoms with Crippen molar-refractivity contribution in [3.63, 3.8) is 0 Å². The molecular formula is C13H24N4. The molecule has 0 aliphatic heterocycles. The van der Waals surface area contributed by atoms with Crippen molar-refractivity contribution in [3.8, 4) is 0 Å². The molecule has 0 radical (unpaired) electrons. The first-order valence-electron chi connectivity index (χ1n) is 6.52. The molecule has 0 saturated heterocycles. The average molecular weight is 236 g/mol. The van der Waals surface area contributed by atoms with Gasteiger partial charge >= 0.3 is 0 Å². The fraction of sp³-hybridized carbons (Fsp3) is 0.692. The van der Waals surface area contributed by atoms with Crippen LogP contribution in [-0.2, 0) is 6.42 Å². The minimum atomic E-state index is 0.211. The molecule has 0 spiro atoms. The van der Waals surface area contributed by atoms with Gasteiger partial charge in [0.2, 0.25) is 5.95 Å². The smallest absolute Gasteiger partial charge is 0.225 e. The lowest BCUT2D eigenvalue weighted by Gasteiger charge is -2.19. The van der Waals surface area contributed by atoms with Crippen LogP contribution < -0.4 is 10.6 Å². The summed E-state index contributed by atoms with van der Waals surface area (Å²) in [5, 5.41) is 0. The van der Waals surface area contributed by atoms with Crippen molar-refractivity contribution >= 4 is 5.95 Å². The van der Waals surface area contributed by atoms with Crippen molar-refractivity contribution < 1.29 is 0 Å². The molecule has 1 atom stereocenters. The Kier molecular flexibility index (Phi) is 5.91. The Balaban J connectivity index is 2.66. The Labute approximate surface area is 104 Å². The van der Waals surface area contributed by atoms with Gasteiger partial charge < -0.3 is 10.6 Å². The van der Waals surface area contributed by atoms with Gasteiger partial charge in [0.1, 0.15) is 0 Å². The molecule has 0 bridgehead atoms. The molecule has 0 aliphatic rings. The number of aromatic nitrogens is 2. The summed E-state index contributed by atoms with van der Waals surface area (Å²) in [5.41, 5.74) is 7.03. The van der Waals surface area contributed by atoms with E-state index in [0.29, 0.717) is 0 Å². The van der Waals surface area contributed by atoms with E-state index in [2.05, 4.69) is 35.6 Å². The number of nitrogens with two attached hydrogens (primary N) is 1. The number of hydrogen-bond acceptors (Lipinski definition) is 4. The van der Waals surface area contributed by atoms with E-state index in [9.17, 15) is 0 Å². The van der Waals surface area contributed by atoms with Gasteiger partial charge in [0.15, 0.2) is 0 Å². The van der Waals surface area contributed by atoms with Gasteiger partial charge in [-0.05, 0) is 31.7 Å². The Morgan fingerprint density at radius 2 is 1.88 bits per heavy atom. The van der Waals surface area contributed by atoms with E-state index in [1.165, 1.54) is 0 Å². The minimum Gasteiger partial charge on any atom is -0.341 e. The zero-order valence-corrected chi connectivity index (χ0v) is 11.2. The predicted octanol–water partition coefficient (Wildman–Crippen LogP) is 1.99. The van der Waals surface area contributed by atoms with E-state index >= 15 is 0 Å². The summed E-state index contributed by atoms with van der Waals surface area (Å²) in [6.45, 7) is 8.34. The van der Waals surface area contributed by atoms with E-state index in [1.807, 2.05) is 12.4 Å². The standard InChI is InChI=1S/C13H24N4/c1-4-7-17(6-3)13-15-9-11(10-16-13)8-12(14)5-2/h9-10,12H,4-8,14H2,1-3H3. The molecular weight excluding hydrogens is 212 g/mol. The second-order valence-electron chi connectivity index (χ2n) is 4.34. The molecule has 2 N–H and O–H groups in total. The molecule has 1 heterocycles. The lowest BCUT2D eigenvalue weighted by Crippen LogP contribution is -2.26. The quantitative estimate of drug-likeness (QED) is 0.786. The first-order valence-corrected chi connectivity index (χ1v) is 6.52. The van der Waals surface area contributed by atoms with Gasteiger partial charge in [-0.15, -0.1) is 0 Å². The summed E-state index contributed by atoms with van der Waals surface area (Å²) < 4.78 is 0. The third-order valence-corrected chi connectivity index (χ3v) is 2.87. The van der Waals surface area contributed by atoms with Crippen LogP contribution in [0.1, 0.15) is 39.2 Å². The van der Waals surface area contributed by atoms with Crippen LogP contribution in [0, 0.1) is 0 Å². The summed E-state index contributed by atoms with van der Waals surface area (Å²) >= 11 is 0. The Morgan fingerprint density at radius 3 is 2.35 bits per heavy atom. The van der Waals surface area contributed by atoms with E-state index in [0.717, 1.165) is 43.9 Å². The number of nitrogens with zero attached hydrogens (tertiary/aromatic N) is 3. The van der Waals surface area contributed by atoms with Crippen molar-refractivity contribution in [2.24, 2.45) is 5.73 Å². The van der Waals surface area contributed by atoms with Crippen LogP contribution in [0.15, 0.2) is 12.4 Å². The zero-order valence-electron chi connectivity index (χ0n) is 11.2. The summed E-state index contributed by atoms with van der Waals surface area (Å²) in [6, 6.07) is 0.211. The SMILES string of the molecule is CCCN(CC)c1ncc(CC(N)CC)cn1. The van der Waals surface area contributed by atoms with Gasteiger partial charge in [0, 0.05) is 31.5 Å². The molecule has 0 aromatic carbocycles. The number of rotatable bonds is 7. The molecule has 17 heavy (non-hydrogen) atoms. The van der Waals surface area contributed by atoms with Crippen LogP contribution in [-0.4, -0.2) is 29.1 Å². The molecule has 1 rings (SSSR count). The van der Waals surface area contributed by atoms with E-state index in [-0.39, 0.29) is 6.04 Å². The van der Waals surface area contributed by atoms with Gasteiger partial charge in [0.05, 0.1) is 0 Å². The van der Waals surface area contributed by atoms with Crippen LogP contribution in [0.2, 0.25) is 0 Å². The molecule has 0 amide bonds. The summed E-state index contributed by atoms with van der Waals surface area (Å²) in [6.07, 6.45) is 6.75. The lowest BCUT2D eigenvalue weighted by molar-refractivity contribution is 0.642. The van der Waals surface area contributed by atoms with Crippen LogP contribution in [0.5, 0.6) is 0 Å². The molecule has 0 saturated carbocycles. The molecule has 0 aliphatic carbocycles. The molecule has 0 fully saturated rings. The number of hydrogen-bond donors (Lipinski definition) is 1. The van der Waals surface area contributed by atoms with E-state index < -0.39 is 0 Å². The fourth-order valence-corrected chi connectivity index (χ4v) is 1.73. The van der Waals surface area contributed by atoms with Gasteiger partial charge in [-0.2, -0.15) is 0 Å². The van der Waals surface area contributed by atoms with E-state index in [1.54, 1.807) is 0 Å². The van der Waals surface area contributed by atoms with Crippen LogP contribution in [0.25, 0.3) is 0 Å². The highest BCUT2D eigenvalue weighted by Gasteiger charge is 2.07. The second-order valence-corrected chi connectivity index (χ2v) is 4.34. The third kappa shape index (κ3) is 4.30. The van der Waals surface area contributed by atoms with Gasteiger partial charge in [-0.1, -0.05) is 13.8 Å². The van der Waals surface area contributed by atoms with Gasteiger partial charge in [-0.3, -0.25) is 0 Å². The van der Waals surface area contributed by atoms with Crippen molar-refractivity contribution in [1.82, 2.24) is 9.97 Å². The highest BCUT2D eigenvalue weighted by molar-refractivity contribution is 5.29. The Bertz CT molecular complexity index is 310. The van der Waals surface area contributed by atoms with E-state index in [4.69, 9.17) is 5.73 Å². The van der Waals surface area contributed by atoms with Gasteiger partial charge in [0.25, 0.3) is 0 Å². The summed E-state index contributed by atoms with van der Waals surface area (Å²) in [7, 11) is 0. The number of anilines is 1. The minimum absolute atomic E-state index is 0.211. The maximum atomic E-state index is 5.91. The third-order valence-electron chi connectivity index (χ3n) is 2.87. The Morgan fingerprint density at radius 1 is 1.24 bits per heavy atom. The van der Waals surface area contributed by atoms with Crippen LogP contribution in [0.3, 0.4) is 0 Å². The second kappa shape index (κ2) is 7.22. The largest absolute Gasteiger partial charge is 0.341 e. The van der Waals surface area contributed by atoms with Gasteiger partial charge in [-0.25, -0.2) is 9.97 Å². The van der Waals surface area contributed by atoms with Crippen molar-refractivity contribution in [2.45, 2.75) is 46.1 Å². The lowest BCUT2D eigenvalue weighted by atomic mass is 10.1. The molecule has 1 unspecified atom stereocenters. The molecule has 4 nitrogen and oxygen atoms in total. The fourth-order valence-electron chi connectivity index (χ4n) is 1.73. The topological polar surface area (TPSA) is 55.0 Å². The van der Waals surface area contributed by atoms with Crippen molar-refractivity contribution in [2.75, 3.05) is 18.0 Å². The summed E-state index contributed by atoms with van der Waals surface area (Å²) in [4.78, 5) is 11.0. The molecule has 96 valence electrons. The highest BCUT2D eigenvalue weighted by Crippen LogP contribution is 2.09. The predicted molar refractivity (Wildman–Crippen MR) is 72.2 cm³/mol. The maximum absolute atomic E-state index is 5.91. The summed E-state index contributed by atoms with van der Waals surface area (Å²) in [5.74, 6) is 0.822. The maximum Gasteiger partial charge on any atom is 0.225 e. The first-order chi connectivity index (χ1) is 8.21. The normalized spacial score (nSPS) is 12.5. The first kappa shape index (κ1) is 13.9. The molecule has 1 aromatic rings. The molecule has 1 aromatic heterocycles. The van der Waals surface area contributed by atoms with Crippen LogP contribution in [0.4, 0.5) is 5.95 Å². The Hall–Kier alpha value is -1.16. The van der Waals surface area contributed by atoms with Crippen molar-refractivity contribution in [1.29, 1.82) is 0 Å². The van der Waals surface area contributed by atoms with Crippen LogP contribution >= 0.6 is 0 Å². The average Bonchev–Trinajstić information content (AvgIpc) is 2.37. The van der Waals surface area contributed by atoms with Crippen molar-refractivity contribution in [3.05, 3.63) is 18.0 Å². The zero-order chi connectivity index (χ0) is 12.7. The molecule has 4 heteroatoms.